The molecule has 0 radical (unpaired) electrons. The summed E-state index contributed by atoms with van der Waals surface area (Å²) in [6.07, 6.45) is 1.16. The summed E-state index contributed by atoms with van der Waals surface area (Å²) in [5.41, 5.74) is -0.923. The number of nitro groups is 1. The van der Waals surface area contributed by atoms with Gasteiger partial charge < -0.3 is 9.64 Å². The lowest BCUT2D eigenvalue weighted by Gasteiger charge is -2.32. The van der Waals surface area contributed by atoms with Gasteiger partial charge >= 0.3 is 11.7 Å². The van der Waals surface area contributed by atoms with E-state index < -0.39 is 34.1 Å². The minimum atomic E-state index is -1.23. The first-order valence-corrected chi connectivity index (χ1v) is 6.40. The van der Waals surface area contributed by atoms with Crippen LogP contribution in [0.4, 0.5) is 20.2 Å². The summed E-state index contributed by atoms with van der Waals surface area (Å²) >= 11 is 0. The molecule has 8 heteroatoms. The first kappa shape index (κ1) is 15.1. The van der Waals surface area contributed by atoms with Gasteiger partial charge in [-0.25, -0.2) is 4.39 Å². The first-order valence-electron chi connectivity index (χ1n) is 6.40. The number of anilines is 1. The molecule has 1 aromatic carbocycles. The van der Waals surface area contributed by atoms with Gasteiger partial charge in [-0.2, -0.15) is 4.39 Å². The summed E-state index contributed by atoms with van der Waals surface area (Å²) in [5, 5.41) is 11.0. The molecule has 6 nitrogen and oxygen atoms in total. The lowest BCUT2D eigenvalue weighted by Crippen LogP contribution is -2.39. The number of piperidine rings is 1. The van der Waals surface area contributed by atoms with Gasteiger partial charge in [-0.15, -0.1) is 0 Å². The molecule has 0 N–H and O–H groups in total. The summed E-state index contributed by atoms with van der Waals surface area (Å²) in [5.74, 6) is -3.02. The third-order valence-corrected chi connectivity index (χ3v) is 3.49. The van der Waals surface area contributed by atoms with Gasteiger partial charge in [0.15, 0.2) is 0 Å². The normalized spacial score (nSPS) is 18.4. The van der Waals surface area contributed by atoms with Crippen LogP contribution in [0.5, 0.6) is 0 Å². The third kappa shape index (κ3) is 3.09. The Bertz CT molecular complexity index is 580. The van der Waals surface area contributed by atoms with Crippen molar-refractivity contribution in [1.29, 1.82) is 0 Å². The quantitative estimate of drug-likeness (QED) is 0.486. The van der Waals surface area contributed by atoms with Crippen LogP contribution in [0, 0.1) is 27.7 Å². The van der Waals surface area contributed by atoms with Crippen molar-refractivity contribution in [1.82, 2.24) is 0 Å². The molecule has 1 aliphatic heterocycles. The molecule has 2 rings (SSSR count). The number of benzene rings is 1. The zero-order valence-electron chi connectivity index (χ0n) is 11.3. The van der Waals surface area contributed by atoms with Gasteiger partial charge in [-0.05, 0) is 12.8 Å². The van der Waals surface area contributed by atoms with Crippen molar-refractivity contribution >= 4 is 17.3 Å². The zero-order valence-corrected chi connectivity index (χ0v) is 11.3. The number of esters is 1. The Morgan fingerprint density at radius 1 is 1.48 bits per heavy atom. The maximum absolute atomic E-state index is 13.6. The lowest BCUT2D eigenvalue weighted by atomic mass is 9.97. The highest BCUT2D eigenvalue weighted by molar-refractivity contribution is 5.74. The summed E-state index contributed by atoms with van der Waals surface area (Å²) in [6, 6.07) is 1.39. The number of methoxy groups -OCH3 is 1. The number of carbonyl (C=O) groups is 1. The van der Waals surface area contributed by atoms with E-state index in [1.807, 2.05) is 0 Å². The minimum absolute atomic E-state index is 0.135. The predicted octanol–water partition coefficient (Wildman–Crippen LogP) is 2.26. The van der Waals surface area contributed by atoms with Crippen LogP contribution in [0.2, 0.25) is 0 Å². The number of carbonyl (C=O) groups excluding carboxylic acids is 1. The van der Waals surface area contributed by atoms with E-state index in [1.54, 1.807) is 0 Å². The van der Waals surface area contributed by atoms with Gasteiger partial charge in [0.25, 0.3) is 0 Å². The average molecular weight is 300 g/mol. The third-order valence-electron chi connectivity index (χ3n) is 3.49. The summed E-state index contributed by atoms with van der Waals surface area (Å²) in [4.78, 5) is 23.1. The van der Waals surface area contributed by atoms with Gasteiger partial charge in [0.2, 0.25) is 5.82 Å². The molecule has 1 aromatic rings. The molecule has 0 spiro atoms. The Balaban J connectivity index is 2.37. The van der Waals surface area contributed by atoms with Crippen molar-refractivity contribution in [2.24, 2.45) is 5.92 Å². The summed E-state index contributed by atoms with van der Waals surface area (Å²) in [7, 11) is 1.26. The van der Waals surface area contributed by atoms with E-state index in [1.165, 1.54) is 12.0 Å². The molecule has 1 unspecified atom stereocenters. The Labute approximate surface area is 119 Å². The maximum atomic E-state index is 13.6. The van der Waals surface area contributed by atoms with Crippen LogP contribution in [0.25, 0.3) is 0 Å². The Morgan fingerprint density at radius 3 is 2.81 bits per heavy atom. The molecule has 1 aliphatic rings. The maximum Gasteiger partial charge on any atom is 0.328 e. The topological polar surface area (TPSA) is 72.7 Å². The molecule has 1 saturated heterocycles. The molecule has 1 fully saturated rings. The van der Waals surface area contributed by atoms with Gasteiger partial charge in [-0.3, -0.25) is 14.9 Å². The second kappa shape index (κ2) is 6.02. The molecule has 0 aliphatic carbocycles. The first-order chi connectivity index (χ1) is 9.93. The van der Waals surface area contributed by atoms with Crippen molar-refractivity contribution in [3.63, 3.8) is 0 Å². The fourth-order valence-electron chi connectivity index (χ4n) is 2.53. The fraction of sp³-hybridized carbons (Fsp3) is 0.462. The van der Waals surface area contributed by atoms with E-state index in [-0.39, 0.29) is 12.2 Å². The Morgan fingerprint density at radius 2 is 2.19 bits per heavy atom. The van der Waals surface area contributed by atoms with Crippen molar-refractivity contribution in [2.45, 2.75) is 12.8 Å². The van der Waals surface area contributed by atoms with Crippen LogP contribution in [0.1, 0.15) is 12.8 Å². The van der Waals surface area contributed by atoms with Crippen LogP contribution in [-0.4, -0.2) is 31.1 Å². The number of hydrogen-bond acceptors (Lipinski definition) is 5. The molecular formula is C13H14F2N2O4. The standard InChI is InChI=1S/C13H14F2N2O4/c1-21-13(18)8-3-2-4-16(7-8)11-6-9(14)5-10(15)12(11)17(19)20/h5-6,8H,2-4,7H2,1H3. The molecule has 0 amide bonds. The molecule has 1 atom stereocenters. The van der Waals surface area contributed by atoms with E-state index in [0.29, 0.717) is 25.5 Å². The van der Waals surface area contributed by atoms with Gasteiger partial charge in [0.1, 0.15) is 11.5 Å². The second-order valence-electron chi connectivity index (χ2n) is 4.82. The number of nitrogens with zero attached hydrogens (tertiary/aromatic N) is 2. The minimum Gasteiger partial charge on any atom is -0.469 e. The van der Waals surface area contributed by atoms with Crippen molar-refractivity contribution < 1.29 is 23.2 Å². The van der Waals surface area contributed by atoms with Crippen LogP contribution >= 0.6 is 0 Å². The Kier molecular flexibility index (Phi) is 4.35. The van der Waals surface area contributed by atoms with Crippen molar-refractivity contribution in [2.75, 3.05) is 25.1 Å². The number of halogens is 2. The van der Waals surface area contributed by atoms with E-state index in [9.17, 15) is 23.7 Å². The second-order valence-corrected chi connectivity index (χ2v) is 4.82. The van der Waals surface area contributed by atoms with Gasteiger partial charge in [0.05, 0.1) is 18.0 Å². The predicted molar refractivity (Wildman–Crippen MR) is 70.0 cm³/mol. The van der Waals surface area contributed by atoms with E-state index in [2.05, 4.69) is 4.74 Å². The van der Waals surface area contributed by atoms with E-state index in [4.69, 9.17) is 0 Å². The smallest absolute Gasteiger partial charge is 0.328 e. The number of nitro benzene ring substituents is 1. The molecule has 114 valence electrons. The van der Waals surface area contributed by atoms with Crippen LogP contribution < -0.4 is 4.90 Å². The van der Waals surface area contributed by atoms with E-state index in [0.717, 1.165) is 6.07 Å². The molecule has 21 heavy (non-hydrogen) atoms. The molecular weight excluding hydrogens is 286 g/mol. The van der Waals surface area contributed by atoms with Gasteiger partial charge in [0, 0.05) is 25.2 Å². The fourth-order valence-corrected chi connectivity index (χ4v) is 2.53. The molecule has 0 saturated carbocycles. The van der Waals surface area contributed by atoms with Crippen LogP contribution in [0.15, 0.2) is 12.1 Å². The molecule has 1 heterocycles. The van der Waals surface area contributed by atoms with Crippen LogP contribution in [0.3, 0.4) is 0 Å². The molecule has 0 bridgehead atoms. The van der Waals surface area contributed by atoms with Crippen molar-refractivity contribution in [3.8, 4) is 0 Å². The Hall–Kier alpha value is -2.25. The monoisotopic (exact) mass is 300 g/mol. The number of rotatable bonds is 3. The van der Waals surface area contributed by atoms with Crippen LogP contribution in [-0.2, 0) is 9.53 Å². The highest BCUT2D eigenvalue weighted by Crippen LogP contribution is 2.34. The van der Waals surface area contributed by atoms with E-state index >= 15 is 0 Å². The molecule has 0 aromatic heterocycles. The van der Waals surface area contributed by atoms with Gasteiger partial charge in [-0.1, -0.05) is 0 Å². The number of ether oxygens (including phenoxy) is 1. The number of hydrogen-bond donors (Lipinski definition) is 0. The highest BCUT2D eigenvalue weighted by Gasteiger charge is 2.32. The average Bonchev–Trinajstić information content (AvgIpc) is 2.45. The highest BCUT2D eigenvalue weighted by atomic mass is 19.1. The summed E-state index contributed by atoms with van der Waals surface area (Å²) in [6.45, 7) is 0.521. The lowest BCUT2D eigenvalue weighted by molar-refractivity contribution is -0.386. The summed E-state index contributed by atoms with van der Waals surface area (Å²) < 4.78 is 31.7. The van der Waals surface area contributed by atoms with Crippen molar-refractivity contribution in [3.05, 3.63) is 33.9 Å². The largest absolute Gasteiger partial charge is 0.469 e. The zero-order chi connectivity index (χ0) is 15.6. The SMILES string of the molecule is COC(=O)C1CCCN(c2cc(F)cc(F)c2[N+](=O)[O-])C1.